The number of carbonyl (C=O) groups is 2. The van der Waals surface area contributed by atoms with E-state index in [1.54, 1.807) is 0 Å². The van der Waals surface area contributed by atoms with E-state index in [1.165, 1.54) is 12.2 Å². The Morgan fingerprint density at radius 2 is 1.45 bits per heavy atom. The molecule has 0 unspecified atom stereocenters. The molecule has 0 amide bonds. The van der Waals surface area contributed by atoms with Gasteiger partial charge in [-0.05, 0) is 12.2 Å². The molecule has 0 atom stereocenters. The van der Waals surface area contributed by atoms with Crippen molar-refractivity contribution < 1.29 is 14.3 Å². The molecule has 1 aliphatic carbocycles. The molecule has 0 aromatic rings. The van der Waals surface area contributed by atoms with Crippen molar-refractivity contribution in [3.63, 3.8) is 0 Å². The molecular formula is C8H6O3. The minimum atomic E-state index is -0.0860. The summed E-state index contributed by atoms with van der Waals surface area (Å²) >= 11 is 0. The van der Waals surface area contributed by atoms with Gasteiger partial charge in [0.05, 0.1) is 13.2 Å². The van der Waals surface area contributed by atoms with Crippen LogP contribution in [0.1, 0.15) is 0 Å². The van der Waals surface area contributed by atoms with Crippen LogP contribution in [0, 0.1) is 0 Å². The minimum absolute atomic E-state index is 0.0860. The average molecular weight is 150 g/mol. The van der Waals surface area contributed by atoms with Gasteiger partial charge < -0.3 is 4.74 Å². The summed E-state index contributed by atoms with van der Waals surface area (Å²) in [6.45, 7) is 0.592. The molecule has 0 aromatic heterocycles. The Kier molecular flexibility index (Phi) is 1.26. The molecule has 0 fully saturated rings. The average Bonchev–Trinajstić information content (AvgIpc) is 2.45. The zero-order valence-electron chi connectivity index (χ0n) is 5.79. The smallest absolute Gasteiger partial charge is 0.184 e. The molecule has 0 N–H and O–H groups in total. The molecule has 0 saturated carbocycles. The van der Waals surface area contributed by atoms with Crippen molar-refractivity contribution in [2.45, 2.75) is 0 Å². The Morgan fingerprint density at radius 1 is 1.00 bits per heavy atom. The van der Waals surface area contributed by atoms with Crippen LogP contribution in [0.3, 0.4) is 0 Å². The van der Waals surface area contributed by atoms with Crippen molar-refractivity contribution in [3.05, 3.63) is 23.3 Å². The van der Waals surface area contributed by atoms with Gasteiger partial charge in [0, 0.05) is 11.1 Å². The third kappa shape index (κ3) is 0.851. The van der Waals surface area contributed by atoms with Crippen molar-refractivity contribution in [2.75, 3.05) is 13.2 Å². The number of rotatable bonds is 0. The van der Waals surface area contributed by atoms with E-state index in [0.717, 1.165) is 0 Å². The lowest BCUT2D eigenvalue weighted by atomic mass is 9.98. The van der Waals surface area contributed by atoms with Gasteiger partial charge in [0.25, 0.3) is 0 Å². The maximum atomic E-state index is 11.0. The number of ether oxygens (including phenoxy) is 1. The van der Waals surface area contributed by atoms with Crippen LogP contribution >= 0.6 is 0 Å². The summed E-state index contributed by atoms with van der Waals surface area (Å²) in [7, 11) is 0. The summed E-state index contributed by atoms with van der Waals surface area (Å²) in [5, 5.41) is 0. The number of hydrogen-bond donors (Lipinski definition) is 0. The van der Waals surface area contributed by atoms with Crippen LogP contribution < -0.4 is 0 Å². The van der Waals surface area contributed by atoms with Crippen LogP contribution in [0.5, 0.6) is 0 Å². The Hall–Kier alpha value is -1.22. The van der Waals surface area contributed by atoms with E-state index >= 15 is 0 Å². The fourth-order valence-corrected chi connectivity index (χ4v) is 1.22. The van der Waals surface area contributed by atoms with Crippen molar-refractivity contribution in [2.24, 2.45) is 0 Å². The summed E-state index contributed by atoms with van der Waals surface area (Å²) in [4.78, 5) is 22.1. The first kappa shape index (κ1) is 6.49. The van der Waals surface area contributed by atoms with E-state index in [9.17, 15) is 9.59 Å². The predicted molar refractivity (Wildman–Crippen MR) is 37.0 cm³/mol. The number of hydrogen-bond acceptors (Lipinski definition) is 3. The van der Waals surface area contributed by atoms with E-state index in [0.29, 0.717) is 24.4 Å². The third-order valence-corrected chi connectivity index (χ3v) is 1.84. The summed E-state index contributed by atoms with van der Waals surface area (Å²) < 4.78 is 4.98. The molecule has 0 radical (unpaired) electrons. The number of allylic oxidation sites excluding steroid dienone is 2. The molecule has 56 valence electrons. The van der Waals surface area contributed by atoms with Gasteiger partial charge in [0.1, 0.15) is 0 Å². The van der Waals surface area contributed by atoms with E-state index in [4.69, 9.17) is 4.74 Å². The lowest BCUT2D eigenvalue weighted by molar-refractivity contribution is -0.115. The van der Waals surface area contributed by atoms with Crippen molar-refractivity contribution >= 4 is 11.6 Å². The Morgan fingerprint density at radius 3 is 1.91 bits per heavy atom. The van der Waals surface area contributed by atoms with E-state index in [-0.39, 0.29) is 11.6 Å². The second-order valence-electron chi connectivity index (χ2n) is 2.51. The second kappa shape index (κ2) is 2.13. The molecule has 1 heterocycles. The fraction of sp³-hybridized carbons (Fsp3) is 0.250. The normalized spacial score (nSPS) is 22.9. The molecular weight excluding hydrogens is 144 g/mol. The van der Waals surface area contributed by atoms with Crippen molar-refractivity contribution in [1.29, 1.82) is 0 Å². The van der Waals surface area contributed by atoms with Crippen LogP contribution in [0.25, 0.3) is 0 Å². The molecule has 0 aromatic carbocycles. The minimum Gasteiger partial charge on any atom is -0.372 e. The number of carbonyl (C=O) groups excluding carboxylic acids is 2. The molecule has 2 rings (SSSR count). The Balaban J connectivity index is 2.47. The molecule has 3 nitrogen and oxygen atoms in total. The highest BCUT2D eigenvalue weighted by Crippen LogP contribution is 2.20. The first-order valence-corrected chi connectivity index (χ1v) is 3.35. The largest absolute Gasteiger partial charge is 0.372 e. The number of ketones is 2. The van der Waals surface area contributed by atoms with E-state index in [1.807, 2.05) is 0 Å². The Bertz CT molecular complexity index is 268. The highest BCUT2D eigenvalue weighted by Gasteiger charge is 2.26. The molecule has 1 aliphatic heterocycles. The molecule has 0 bridgehead atoms. The lowest BCUT2D eigenvalue weighted by Crippen LogP contribution is -2.12. The molecule has 0 saturated heterocycles. The van der Waals surface area contributed by atoms with Crippen LogP contribution in [0.15, 0.2) is 23.3 Å². The predicted octanol–water partition coefficient (Wildman–Crippen LogP) is 0.0212. The van der Waals surface area contributed by atoms with Gasteiger partial charge in [-0.1, -0.05) is 0 Å². The van der Waals surface area contributed by atoms with Gasteiger partial charge in [0.2, 0.25) is 0 Å². The Labute approximate surface area is 63.3 Å². The molecule has 2 aliphatic rings. The van der Waals surface area contributed by atoms with E-state index < -0.39 is 0 Å². The molecule has 11 heavy (non-hydrogen) atoms. The molecule has 3 heteroatoms. The highest BCUT2D eigenvalue weighted by molar-refractivity contribution is 6.20. The summed E-state index contributed by atoms with van der Waals surface area (Å²) in [5.41, 5.74) is 1.08. The van der Waals surface area contributed by atoms with Crippen LogP contribution in [0.2, 0.25) is 0 Å². The maximum absolute atomic E-state index is 11.0. The topological polar surface area (TPSA) is 43.4 Å². The first-order valence-electron chi connectivity index (χ1n) is 3.35. The second-order valence-corrected chi connectivity index (χ2v) is 2.51. The van der Waals surface area contributed by atoms with Gasteiger partial charge in [-0.2, -0.15) is 0 Å². The van der Waals surface area contributed by atoms with Crippen molar-refractivity contribution in [1.82, 2.24) is 0 Å². The lowest BCUT2D eigenvalue weighted by Gasteiger charge is -2.02. The monoisotopic (exact) mass is 150 g/mol. The first-order chi connectivity index (χ1) is 5.29. The fourth-order valence-electron chi connectivity index (χ4n) is 1.22. The summed E-state index contributed by atoms with van der Waals surface area (Å²) in [6.07, 6.45) is 2.60. The van der Waals surface area contributed by atoms with Gasteiger partial charge >= 0.3 is 0 Å². The standard InChI is InChI=1S/C8H6O3/c9-7-1-2-8(10)6-4-11-3-5(6)7/h1-2H,3-4H2. The van der Waals surface area contributed by atoms with Gasteiger partial charge in [-0.15, -0.1) is 0 Å². The zero-order valence-corrected chi connectivity index (χ0v) is 5.79. The van der Waals surface area contributed by atoms with Gasteiger partial charge in [-0.3, -0.25) is 9.59 Å². The van der Waals surface area contributed by atoms with Crippen LogP contribution in [-0.2, 0) is 14.3 Å². The third-order valence-electron chi connectivity index (χ3n) is 1.84. The quantitative estimate of drug-likeness (QED) is 0.457. The van der Waals surface area contributed by atoms with Gasteiger partial charge in [0.15, 0.2) is 11.6 Å². The van der Waals surface area contributed by atoms with Crippen molar-refractivity contribution in [3.8, 4) is 0 Å². The summed E-state index contributed by atoms with van der Waals surface area (Å²) in [5.74, 6) is -0.172. The zero-order chi connectivity index (χ0) is 7.84. The summed E-state index contributed by atoms with van der Waals surface area (Å²) in [6, 6.07) is 0. The highest BCUT2D eigenvalue weighted by atomic mass is 16.5. The SMILES string of the molecule is O=C1C=CC(=O)C2=C1COC2. The van der Waals surface area contributed by atoms with Crippen LogP contribution in [-0.4, -0.2) is 24.8 Å². The van der Waals surface area contributed by atoms with E-state index in [2.05, 4.69) is 0 Å². The maximum Gasteiger partial charge on any atom is 0.184 e. The van der Waals surface area contributed by atoms with Crippen LogP contribution in [0.4, 0.5) is 0 Å². The molecule has 0 spiro atoms. The van der Waals surface area contributed by atoms with Gasteiger partial charge in [-0.25, -0.2) is 0 Å².